The summed E-state index contributed by atoms with van der Waals surface area (Å²) in [4.78, 5) is 12.2. The van der Waals surface area contributed by atoms with E-state index in [-0.39, 0.29) is 23.1 Å². The molecule has 0 radical (unpaired) electrons. The fraction of sp³-hybridized carbons (Fsp3) is 0. The molecule has 1 aromatic heterocycles. The van der Waals surface area contributed by atoms with E-state index in [2.05, 4.69) is 10.4 Å². The summed E-state index contributed by atoms with van der Waals surface area (Å²) in [6.07, 6.45) is 1.39. The molecule has 3 aromatic rings. The third-order valence-electron chi connectivity index (χ3n) is 3.15. The molecule has 0 aliphatic heterocycles. The SMILES string of the molecule is Nc1c(C(=O)Nc2ccccc2)cnn1-c1ccc(F)cc1. The van der Waals surface area contributed by atoms with Crippen molar-refractivity contribution in [3.05, 3.63) is 72.2 Å². The van der Waals surface area contributed by atoms with E-state index >= 15 is 0 Å². The lowest BCUT2D eigenvalue weighted by atomic mass is 10.2. The zero-order chi connectivity index (χ0) is 15.5. The van der Waals surface area contributed by atoms with Crippen LogP contribution in [0.2, 0.25) is 0 Å². The maximum atomic E-state index is 13.0. The number of benzene rings is 2. The number of amides is 1. The largest absolute Gasteiger partial charge is 0.383 e. The first-order valence-electron chi connectivity index (χ1n) is 6.61. The first-order valence-corrected chi connectivity index (χ1v) is 6.61. The Morgan fingerprint density at radius 1 is 1.09 bits per heavy atom. The molecule has 110 valence electrons. The third-order valence-corrected chi connectivity index (χ3v) is 3.15. The average molecular weight is 296 g/mol. The number of nitrogen functional groups attached to an aromatic ring is 1. The van der Waals surface area contributed by atoms with Crippen molar-refractivity contribution in [2.75, 3.05) is 11.1 Å². The summed E-state index contributed by atoms with van der Waals surface area (Å²) in [5.41, 5.74) is 7.48. The lowest BCUT2D eigenvalue weighted by molar-refractivity contribution is 0.102. The Balaban J connectivity index is 1.87. The van der Waals surface area contributed by atoms with Crippen molar-refractivity contribution in [1.82, 2.24) is 9.78 Å². The summed E-state index contributed by atoms with van der Waals surface area (Å²) in [6, 6.07) is 14.7. The van der Waals surface area contributed by atoms with Crippen molar-refractivity contribution in [3.8, 4) is 5.69 Å². The third kappa shape index (κ3) is 2.67. The number of hydrogen-bond donors (Lipinski definition) is 2. The number of carbonyl (C=O) groups is 1. The summed E-state index contributed by atoms with van der Waals surface area (Å²) in [5, 5.41) is 6.83. The molecule has 0 aliphatic carbocycles. The van der Waals surface area contributed by atoms with E-state index in [0.29, 0.717) is 11.4 Å². The molecule has 2 aromatic carbocycles. The minimum absolute atomic E-state index is 0.194. The molecular weight excluding hydrogens is 283 g/mol. The number of aromatic nitrogens is 2. The number of hydrogen-bond acceptors (Lipinski definition) is 3. The Morgan fingerprint density at radius 3 is 2.45 bits per heavy atom. The number of carbonyl (C=O) groups excluding carboxylic acids is 1. The van der Waals surface area contributed by atoms with Gasteiger partial charge in [-0.3, -0.25) is 4.79 Å². The van der Waals surface area contributed by atoms with Gasteiger partial charge in [0.1, 0.15) is 17.2 Å². The van der Waals surface area contributed by atoms with Gasteiger partial charge in [-0.15, -0.1) is 0 Å². The average Bonchev–Trinajstić information content (AvgIpc) is 2.91. The number of nitrogens with one attached hydrogen (secondary N) is 1. The highest BCUT2D eigenvalue weighted by atomic mass is 19.1. The van der Waals surface area contributed by atoms with E-state index in [1.807, 2.05) is 18.2 Å². The molecule has 0 saturated heterocycles. The number of nitrogens with zero attached hydrogens (tertiary/aromatic N) is 2. The zero-order valence-corrected chi connectivity index (χ0v) is 11.5. The van der Waals surface area contributed by atoms with Gasteiger partial charge in [0, 0.05) is 5.69 Å². The standard InChI is InChI=1S/C16H13FN4O/c17-11-6-8-13(9-7-11)21-15(18)14(10-19-21)16(22)20-12-4-2-1-3-5-12/h1-10H,18H2,(H,20,22). The van der Waals surface area contributed by atoms with Crippen molar-refractivity contribution >= 4 is 17.4 Å². The first-order chi connectivity index (χ1) is 10.6. The van der Waals surface area contributed by atoms with Crippen LogP contribution >= 0.6 is 0 Å². The molecule has 1 amide bonds. The Morgan fingerprint density at radius 2 is 1.77 bits per heavy atom. The number of rotatable bonds is 3. The summed E-state index contributed by atoms with van der Waals surface area (Å²) in [7, 11) is 0. The fourth-order valence-corrected chi connectivity index (χ4v) is 2.04. The molecule has 22 heavy (non-hydrogen) atoms. The van der Waals surface area contributed by atoms with Crippen LogP contribution in [0.4, 0.5) is 15.9 Å². The molecule has 0 atom stereocenters. The van der Waals surface area contributed by atoms with Gasteiger partial charge in [0.15, 0.2) is 0 Å². The van der Waals surface area contributed by atoms with Gasteiger partial charge >= 0.3 is 0 Å². The van der Waals surface area contributed by atoms with Gasteiger partial charge < -0.3 is 11.1 Å². The van der Waals surface area contributed by atoms with Crippen molar-refractivity contribution < 1.29 is 9.18 Å². The zero-order valence-electron chi connectivity index (χ0n) is 11.5. The van der Waals surface area contributed by atoms with Gasteiger partial charge in [-0.2, -0.15) is 5.10 Å². The Labute approximate surface area is 126 Å². The molecule has 0 aliphatic rings. The molecule has 1 heterocycles. The van der Waals surface area contributed by atoms with Gasteiger partial charge in [-0.25, -0.2) is 9.07 Å². The lowest BCUT2D eigenvalue weighted by Gasteiger charge is -2.06. The van der Waals surface area contributed by atoms with Crippen molar-refractivity contribution in [2.24, 2.45) is 0 Å². The summed E-state index contributed by atoms with van der Waals surface area (Å²) in [5.74, 6) is -0.506. The topological polar surface area (TPSA) is 72.9 Å². The van der Waals surface area contributed by atoms with E-state index < -0.39 is 0 Å². The number of anilines is 2. The molecule has 5 nitrogen and oxygen atoms in total. The Kier molecular flexibility index (Phi) is 3.57. The summed E-state index contributed by atoms with van der Waals surface area (Å²) in [6.45, 7) is 0. The van der Waals surface area contributed by atoms with Crippen molar-refractivity contribution in [1.29, 1.82) is 0 Å². The number of para-hydroxylation sites is 1. The Bertz CT molecular complexity index is 797. The van der Waals surface area contributed by atoms with Crippen LogP contribution in [0.3, 0.4) is 0 Å². The number of halogens is 1. The minimum atomic E-state index is -0.350. The smallest absolute Gasteiger partial charge is 0.261 e. The summed E-state index contributed by atoms with van der Waals surface area (Å²) < 4.78 is 14.3. The minimum Gasteiger partial charge on any atom is -0.383 e. The quantitative estimate of drug-likeness (QED) is 0.780. The van der Waals surface area contributed by atoms with Crippen LogP contribution < -0.4 is 11.1 Å². The molecule has 0 spiro atoms. The predicted octanol–water partition coefficient (Wildman–Crippen LogP) is 2.85. The van der Waals surface area contributed by atoms with Crippen molar-refractivity contribution in [3.63, 3.8) is 0 Å². The highest BCUT2D eigenvalue weighted by molar-refractivity contribution is 6.07. The van der Waals surface area contributed by atoms with Crippen LogP contribution in [-0.4, -0.2) is 15.7 Å². The number of nitrogens with two attached hydrogens (primary N) is 1. The normalized spacial score (nSPS) is 10.4. The van der Waals surface area contributed by atoms with Crippen LogP contribution in [0, 0.1) is 5.82 Å². The van der Waals surface area contributed by atoms with Gasteiger partial charge in [0.25, 0.3) is 5.91 Å². The van der Waals surface area contributed by atoms with Crippen molar-refractivity contribution in [2.45, 2.75) is 0 Å². The molecule has 6 heteroatoms. The highest BCUT2D eigenvalue weighted by Gasteiger charge is 2.16. The molecular formula is C16H13FN4O. The molecule has 3 N–H and O–H groups in total. The monoisotopic (exact) mass is 296 g/mol. The van der Waals surface area contributed by atoms with Crippen LogP contribution in [0.25, 0.3) is 5.69 Å². The van der Waals surface area contributed by atoms with Gasteiger partial charge in [-0.05, 0) is 36.4 Å². The fourth-order valence-electron chi connectivity index (χ4n) is 2.04. The van der Waals surface area contributed by atoms with E-state index in [0.717, 1.165) is 0 Å². The summed E-state index contributed by atoms with van der Waals surface area (Å²) >= 11 is 0. The van der Waals surface area contributed by atoms with E-state index in [4.69, 9.17) is 5.73 Å². The second kappa shape index (κ2) is 5.69. The van der Waals surface area contributed by atoms with Gasteiger partial charge in [0.2, 0.25) is 0 Å². The molecule has 0 unspecified atom stereocenters. The van der Waals surface area contributed by atoms with Gasteiger partial charge in [0.05, 0.1) is 11.9 Å². The maximum Gasteiger partial charge on any atom is 0.261 e. The van der Waals surface area contributed by atoms with Crippen LogP contribution in [0.5, 0.6) is 0 Å². The van der Waals surface area contributed by atoms with E-state index in [9.17, 15) is 9.18 Å². The second-order valence-corrected chi connectivity index (χ2v) is 4.65. The van der Waals surface area contributed by atoms with Gasteiger partial charge in [-0.1, -0.05) is 18.2 Å². The molecule has 0 saturated carbocycles. The lowest BCUT2D eigenvalue weighted by Crippen LogP contribution is -2.14. The predicted molar refractivity (Wildman–Crippen MR) is 82.3 cm³/mol. The van der Waals surface area contributed by atoms with E-state index in [1.54, 1.807) is 12.1 Å². The molecule has 0 bridgehead atoms. The van der Waals surface area contributed by atoms with Crippen LogP contribution in [-0.2, 0) is 0 Å². The van der Waals surface area contributed by atoms with Crippen LogP contribution in [0.1, 0.15) is 10.4 Å². The molecule has 0 fully saturated rings. The Hall–Kier alpha value is -3.15. The second-order valence-electron chi connectivity index (χ2n) is 4.65. The van der Waals surface area contributed by atoms with E-state index in [1.165, 1.54) is 35.1 Å². The van der Waals surface area contributed by atoms with Crippen LogP contribution in [0.15, 0.2) is 60.8 Å². The first kappa shape index (κ1) is 13.8. The maximum absolute atomic E-state index is 13.0. The molecule has 3 rings (SSSR count). The highest BCUT2D eigenvalue weighted by Crippen LogP contribution is 2.19.